The molecule has 2 N–H and O–H groups in total. The number of carbonyl (C=O) groups excluding carboxylic acids is 1. The van der Waals surface area contributed by atoms with E-state index in [0.29, 0.717) is 17.0 Å². The Labute approximate surface area is 119 Å². The molecule has 0 saturated heterocycles. The van der Waals surface area contributed by atoms with E-state index in [1.807, 2.05) is 32.9 Å². The quantitative estimate of drug-likeness (QED) is 0.686. The Hall–Kier alpha value is -2.29. The third kappa shape index (κ3) is 2.52. The number of nitrogen functional groups attached to an aromatic ring is 1. The molecule has 0 aliphatic rings. The molecule has 20 heavy (non-hydrogen) atoms. The zero-order valence-electron chi connectivity index (χ0n) is 12.3. The molecule has 0 fully saturated rings. The topological polar surface area (TPSA) is 52.3 Å². The van der Waals surface area contributed by atoms with Gasteiger partial charge in [0, 0.05) is 16.8 Å². The molecule has 3 heteroatoms. The molecule has 0 saturated carbocycles. The smallest absolute Gasteiger partial charge is 0.195 e. The predicted molar refractivity (Wildman–Crippen MR) is 81.5 cm³/mol. The van der Waals surface area contributed by atoms with Crippen molar-refractivity contribution in [2.24, 2.45) is 0 Å². The molecule has 0 amide bonds. The Kier molecular flexibility index (Phi) is 3.79. The molecule has 0 unspecified atom stereocenters. The van der Waals surface area contributed by atoms with Gasteiger partial charge in [-0.3, -0.25) is 4.79 Å². The standard InChI is InChI=1S/C17H19NO2/c1-10-7-11(2)16(12(3)8-10)17(19)14-9-13(20-4)5-6-15(14)18/h5-9H,18H2,1-4H3. The van der Waals surface area contributed by atoms with Crippen LogP contribution in [0.15, 0.2) is 30.3 Å². The summed E-state index contributed by atoms with van der Waals surface area (Å²) in [7, 11) is 1.57. The lowest BCUT2D eigenvalue weighted by Gasteiger charge is -2.12. The van der Waals surface area contributed by atoms with E-state index in [0.717, 1.165) is 22.3 Å². The van der Waals surface area contributed by atoms with E-state index < -0.39 is 0 Å². The van der Waals surface area contributed by atoms with Gasteiger partial charge in [0.05, 0.1) is 7.11 Å². The van der Waals surface area contributed by atoms with Gasteiger partial charge in [-0.05, 0) is 50.1 Å². The molecule has 0 bridgehead atoms. The molecule has 0 heterocycles. The highest BCUT2D eigenvalue weighted by atomic mass is 16.5. The Bertz CT molecular complexity index is 652. The summed E-state index contributed by atoms with van der Waals surface area (Å²) < 4.78 is 5.17. The molecular weight excluding hydrogens is 250 g/mol. The van der Waals surface area contributed by atoms with Crippen molar-refractivity contribution in [2.45, 2.75) is 20.8 Å². The van der Waals surface area contributed by atoms with Crippen molar-refractivity contribution in [3.8, 4) is 5.75 Å². The summed E-state index contributed by atoms with van der Waals surface area (Å²) >= 11 is 0. The van der Waals surface area contributed by atoms with Crippen LogP contribution in [0.3, 0.4) is 0 Å². The van der Waals surface area contributed by atoms with Gasteiger partial charge in [-0.15, -0.1) is 0 Å². The number of nitrogens with two attached hydrogens (primary N) is 1. The van der Waals surface area contributed by atoms with E-state index in [1.54, 1.807) is 25.3 Å². The van der Waals surface area contributed by atoms with Crippen molar-refractivity contribution in [2.75, 3.05) is 12.8 Å². The van der Waals surface area contributed by atoms with Crippen molar-refractivity contribution in [1.29, 1.82) is 0 Å². The van der Waals surface area contributed by atoms with Crippen LogP contribution in [0.4, 0.5) is 5.69 Å². The molecule has 0 aliphatic heterocycles. The predicted octanol–water partition coefficient (Wildman–Crippen LogP) is 3.43. The van der Waals surface area contributed by atoms with Crippen LogP contribution in [0.2, 0.25) is 0 Å². The fourth-order valence-corrected chi connectivity index (χ4v) is 2.53. The molecule has 2 rings (SSSR count). The van der Waals surface area contributed by atoms with Crippen LogP contribution < -0.4 is 10.5 Å². The maximum Gasteiger partial charge on any atom is 0.195 e. The molecule has 104 valence electrons. The molecule has 2 aromatic carbocycles. The van der Waals surface area contributed by atoms with E-state index in [4.69, 9.17) is 10.5 Å². The number of carbonyl (C=O) groups is 1. The zero-order chi connectivity index (χ0) is 14.9. The Balaban J connectivity index is 2.57. The highest BCUT2D eigenvalue weighted by Crippen LogP contribution is 2.26. The highest BCUT2D eigenvalue weighted by molar-refractivity contribution is 6.13. The zero-order valence-corrected chi connectivity index (χ0v) is 12.3. The number of methoxy groups -OCH3 is 1. The second kappa shape index (κ2) is 5.37. The summed E-state index contributed by atoms with van der Waals surface area (Å²) in [5.41, 5.74) is 10.7. The summed E-state index contributed by atoms with van der Waals surface area (Å²) in [6.07, 6.45) is 0. The van der Waals surface area contributed by atoms with Crippen molar-refractivity contribution in [3.63, 3.8) is 0 Å². The van der Waals surface area contributed by atoms with E-state index >= 15 is 0 Å². The minimum absolute atomic E-state index is 0.0589. The second-order valence-electron chi connectivity index (χ2n) is 5.06. The van der Waals surface area contributed by atoms with E-state index in [9.17, 15) is 4.79 Å². The number of aryl methyl sites for hydroxylation is 3. The molecule has 0 aliphatic carbocycles. The molecule has 0 spiro atoms. The van der Waals surface area contributed by atoms with Crippen LogP contribution in [0.1, 0.15) is 32.6 Å². The van der Waals surface area contributed by atoms with Crippen molar-refractivity contribution < 1.29 is 9.53 Å². The lowest BCUT2D eigenvalue weighted by molar-refractivity contribution is 0.103. The monoisotopic (exact) mass is 269 g/mol. The largest absolute Gasteiger partial charge is 0.497 e. The highest BCUT2D eigenvalue weighted by Gasteiger charge is 2.18. The first-order valence-electron chi connectivity index (χ1n) is 6.50. The average molecular weight is 269 g/mol. The van der Waals surface area contributed by atoms with E-state index in [1.165, 1.54) is 0 Å². The summed E-state index contributed by atoms with van der Waals surface area (Å²) in [6, 6.07) is 9.16. The van der Waals surface area contributed by atoms with Gasteiger partial charge in [0.25, 0.3) is 0 Å². The number of benzene rings is 2. The number of anilines is 1. The molecule has 0 atom stereocenters. The second-order valence-corrected chi connectivity index (χ2v) is 5.06. The maximum absolute atomic E-state index is 12.8. The number of rotatable bonds is 3. The van der Waals surface area contributed by atoms with Gasteiger partial charge in [0.2, 0.25) is 0 Å². The summed E-state index contributed by atoms with van der Waals surface area (Å²) in [4.78, 5) is 12.8. The number of hydrogen-bond acceptors (Lipinski definition) is 3. The van der Waals surface area contributed by atoms with Gasteiger partial charge in [-0.25, -0.2) is 0 Å². The summed E-state index contributed by atoms with van der Waals surface area (Å²) in [6.45, 7) is 5.92. The average Bonchev–Trinajstić information content (AvgIpc) is 2.37. The normalized spacial score (nSPS) is 10.4. The Morgan fingerprint density at radius 1 is 1.05 bits per heavy atom. The number of ketones is 1. The van der Waals surface area contributed by atoms with Gasteiger partial charge < -0.3 is 10.5 Å². The Morgan fingerprint density at radius 2 is 1.65 bits per heavy atom. The van der Waals surface area contributed by atoms with Crippen LogP contribution in [-0.4, -0.2) is 12.9 Å². The maximum atomic E-state index is 12.8. The molecule has 2 aromatic rings. The van der Waals surface area contributed by atoms with E-state index in [2.05, 4.69) is 0 Å². The van der Waals surface area contributed by atoms with Crippen molar-refractivity contribution >= 4 is 11.5 Å². The first-order valence-corrected chi connectivity index (χ1v) is 6.50. The lowest BCUT2D eigenvalue weighted by Crippen LogP contribution is -2.09. The van der Waals surface area contributed by atoms with Crippen LogP contribution in [0, 0.1) is 20.8 Å². The van der Waals surface area contributed by atoms with Crippen molar-refractivity contribution in [3.05, 3.63) is 58.1 Å². The van der Waals surface area contributed by atoms with Crippen LogP contribution in [0.5, 0.6) is 5.75 Å². The fourth-order valence-electron chi connectivity index (χ4n) is 2.53. The molecule has 0 aromatic heterocycles. The third-order valence-corrected chi connectivity index (χ3v) is 3.41. The number of hydrogen-bond donors (Lipinski definition) is 1. The van der Waals surface area contributed by atoms with Gasteiger partial charge in [0.1, 0.15) is 5.75 Å². The van der Waals surface area contributed by atoms with Gasteiger partial charge in [-0.1, -0.05) is 17.7 Å². The number of ether oxygens (including phenoxy) is 1. The lowest BCUT2D eigenvalue weighted by atomic mass is 9.92. The molecule has 3 nitrogen and oxygen atoms in total. The summed E-state index contributed by atoms with van der Waals surface area (Å²) in [5.74, 6) is 0.571. The Morgan fingerprint density at radius 3 is 2.20 bits per heavy atom. The third-order valence-electron chi connectivity index (χ3n) is 3.41. The fraction of sp³-hybridized carbons (Fsp3) is 0.235. The minimum atomic E-state index is -0.0589. The first-order chi connectivity index (χ1) is 9.43. The van der Waals surface area contributed by atoms with Gasteiger partial charge in [0.15, 0.2) is 5.78 Å². The summed E-state index contributed by atoms with van der Waals surface area (Å²) in [5, 5.41) is 0. The molecular formula is C17H19NO2. The SMILES string of the molecule is COc1ccc(N)c(C(=O)c2c(C)cc(C)cc2C)c1. The van der Waals surface area contributed by atoms with Gasteiger partial charge >= 0.3 is 0 Å². The molecule has 0 radical (unpaired) electrons. The minimum Gasteiger partial charge on any atom is -0.497 e. The van der Waals surface area contributed by atoms with E-state index in [-0.39, 0.29) is 5.78 Å². The van der Waals surface area contributed by atoms with Crippen LogP contribution >= 0.6 is 0 Å². The first kappa shape index (κ1) is 14.1. The van der Waals surface area contributed by atoms with Gasteiger partial charge in [-0.2, -0.15) is 0 Å². The van der Waals surface area contributed by atoms with Crippen LogP contribution in [0.25, 0.3) is 0 Å². The van der Waals surface area contributed by atoms with Crippen molar-refractivity contribution in [1.82, 2.24) is 0 Å². The van der Waals surface area contributed by atoms with Crippen LogP contribution in [-0.2, 0) is 0 Å².